The fourth-order valence-electron chi connectivity index (χ4n) is 3.14. The monoisotopic (exact) mass is 253 g/mol. The Balaban J connectivity index is 2.16. The van der Waals surface area contributed by atoms with Crippen molar-refractivity contribution >= 4 is 0 Å². The van der Waals surface area contributed by atoms with Crippen molar-refractivity contribution in [1.29, 1.82) is 0 Å². The second-order valence-electron chi connectivity index (χ2n) is 5.17. The van der Waals surface area contributed by atoms with Gasteiger partial charge >= 0.3 is 0 Å². The first kappa shape index (κ1) is 12.4. The van der Waals surface area contributed by atoms with Crippen molar-refractivity contribution in [3.63, 3.8) is 0 Å². The normalized spacial score (nSPS) is 19.2. The molecule has 98 valence electrons. The first-order valence-corrected chi connectivity index (χ1v) is 6.91. The summed E-state index contributed by atoms with van der Waals surface area (Å²) in [6.07, 6.45) is 3.15. The molecule has 0 bridgehead atoms. The molecule has 1 N–H and O–H groups in total. The minimum atomic E-state index is -0.388. The van der Waals surface area contributed by atoms with E-state index in [1.807, 2.05) is 36.4 Å². The maximum atomic E-state index is 10.6. The van der Waals surface area contributed by atoms with Crippen LogP contribution in [-0.2, 0) is 5.54 Å². The molecule has 0 amide bonds. The molecule has 0 spiro atoms. The average molecular weight is 253 g/mol. The molecule has 0 aliphatic carbocycles. The molecule has 0 radical (unpaired) electrons. The van der Waals surface area contributed by atoms with Crippen LogP contribution in [0.3, 0.4) is 0 Å². The first-order valence-electron chi connectivity index (χ1n) is 6.91. The molecule has 2 nitrogen and oxygen atoms in total. The van der Waals surface area contributed by atoms with E-state index in [1.54, 1.807) is 0 Å². The number of rotatable bonds is 2. The lowest BCUT2D eigenvalue weighted by Crippen LogP contribution is -2.48. The van der Waals surface area contributed by atoms with Crippen LogP contribution in [0.5, 0.6) is 0 Å². The maximum Gasteiger partial charge on any atom is 0.0957 e. The summed E-state index contributed by atoms with van der Waals surface area (Å²) in [4.78, 5) is 0. The Kier molecular flexibility index (Phi) is 3.36. The zero-order chi connectivity index (χ0) is 13.1. The number of piperidine rings is 1. The number of hydroxylamine groups is 2. The van der Waals surface area contributed by atoms with Gasteiger partial charge in [0.1, 0.15) is 0 Å². The Morgan fingerprint density at radius 2 is 1.32 bits per heavy atom. The van der Waals surface area contributed by atoms with Gasteiger partial charge in [-0.1, -0.05) is 60.7 Å². The van der Waals surface area contributed by atoms with E-state index >= 15 is 0 Å². The van der Waals surface area contributed by atoms with E-state index in [9.17, 15) is 5.21 Å². The Hall–Kier alpha value is -1.64. The molecule has 0 atom stereocenters. The quantitative estimate of drug-likeness (QED) is 0.879. The van der Waals surface area contributed by atoms with Gasteiger partial charge in [0.2, 0.25) is 0 Å². The summed E-state index contributed by atoms with van der Waals surface area (Å²) < 4.78 is 0. The minimum Gasteiger partial charge on any atom is -0.313 e. The van der Waals surface area contributed by atoms with Gasteiger partial charge in [0.25, 0.3) is 0 Å². The fraction of sp³-hybridized carbons (Fsp3) is 0.294. The van der Waals surface area contributed by atoms with E-state index in [4.69, 9.17) is 0 Å². The van der Waals surface area contributed by atoms with Gasteiger partial charge in [0.05, 0.1) is 5.54 Å². The molecule has 3 rings (SSSR count). The predicted octanol–water partition coefficient (Wildman–Crippen LogP) is 3.81. The third-order valence-corrected chi connectivity index (χ3v) is 4.10. The zero-order valence-electron chi connectivity index (χ0n) is 11.0. The molecule has 1 aliphatic rings. The SMILES string of the molecule is ON1CCCCC1(c1ccccc1)c1ccccc1. The van der Waals surface area contributed by atoms with E-state index in [0.29, 0.717) is 0 Å². The van der Waals surface area contributed by atoms with Crippen LogP contribution in [0, 0.1) is 0 Å². The smallest absolute Gasteiger partial charge is 0.0957 e. The third-order valence-electron chi connectivity index (χ3n) is 4.10. The zero-order valence-corrected chi connectivity index (χ0v) is 11.0. The number of nitrogens with zero attached hydrogens (tertiary/aromatic N) is 1. The van der Waals surface area contributed by atoms with Crippen LogP contribution in [0.15, 0.2) is 60.7 Å². The fourth-order valence-corrected chi connectivity index (χ4v) is 3.14. The minimum absolute atomic E-state index is 0.388. The number of benzene rings is 2. The van der Waals surface area contributed by atoms with Gasteiger partial charge in [-0.15, -0.1) is 0 Å². The Bertz CT molecular complexity index is 484. The molecule has 0 saturated carbocycles. The van der Waals surface area contributed by atoms with E-state index < -0.39 is 0 Å². The van der Waals surface area contributed by atoms with Gasteiger partial charge in [-0.05, 0) is 30.4 Å². The molecule has 0 aromatic heterocycles. The van der Waals surface area contributed by atoms with Gasteiger partial charge in [-0.25, -0.2) is 0 Å². The molecular formula is C17H19NO. The highest BCUT2D eigenvalue weighted by Gasteiger charge is 2.41. The van der Waals surface area contributed by atoms with E-state index in [1.165, 1.54) is 16.2 Å². The predicted molar refractivity (Wildman–Crippen MR) is 76.0 cm³/mol. The average Bonchev–Trinajstić information content (AvgIpc) is 2.50. The van der Waals surface area contributed by atoms with Crippen LogP contribution in [0.25, 0.3) is 0 Å². The molecule has 1 fully saturated rings. The first-order chi connectivity index (χ1) is 9.34. The molecule has 1 saturated heterocycles. The van der Waals surface area contributed by atoms with Crippen molar-refractivity contribution in [3.8, 4) is 0 Å². The van der Waals surface area contributed by atoms with E-state index in [-0.39, 0.29) is 5.54 Å². The molecule has 0 unspecified atom stereocenters. The van der Waals surface area contributed by atoms with Crippen molar-refractivity contribution in [1.82, 2.24) is 5.06 Å². The molecule has 1 heterocycles. The molecule has 2 heteroatoms. The lowest BCUT2D eigenvalue weighted by Gasteiger charge is -2.44. The van der Waals surface area contributed by atoms with Crippen LogP contribution in [0.4, 0.5) is 0 Å². The van der Waals surface area contributed by atoms with Crippen LogP contribution >= 0.6 is 0 Å². The maximum absolute atomic E-state index is 10.6. The largest absolute Gasteiger partial charge is 0.313 e. The standard InChI is InChI=1S/C17H19NO/c19-18-14-8-7-13-17(18,15-9-3-1-4-10-15)16-11-5-2-6-12-16/h1-6,9-12,19H,7-8,13-14H2. The summed E-state index contributed by atoms with van der Waals surface area (Å²) in [6.45, 7) is 0.726. The highest BCUT2D eigenvalue weighted by molar-refractivity contribution is 5.38. The van der Waals surface area contributed by atoms with Crippen molar-refractivity contribution in [2.24, 2.45) is 0 Å². The number of hydrogen-bond acceptors (Lipinski definition) is 2. The summed E-state index contributed by atoms with van der Waals surface area (Å²) in [5, 5.41) is 12.1. The Morgan fingerprint density at radius 3 is 1.79 bits per heavy atom. The lowest BCUT2D eigenvalue weighted by molar-refractivity contribution is -0.179. The van der Waals surface area contributed by atoms with Crippen molar-refractivity contribution < 1.29 is 5.21 Å². The van der Waals surface area contributed by atoms with Crippen LogP contribution in [-0.4, -0.2) is 16.8 Å². The Morgan fingerprint density at radius 1 is 0.789 bits per heavy atom. The summed E-state index contributed by atoms with van der Waals surface area (Å²) in [7, 11) is 0. The lowest BCUT2D eigenvalue weighted by atomic mass is 9.76. The Labute approximate surface area is 114 Å². The van der Waals surface area contributed by atoms with E-state index in [0.717, 1.165) is 25.8 Å². The highest BCUT2D eigenvalue weighted by atomic mass is 16.5. The van der Waals surface area contributed by atoms with Crippen LogP contribution in [0.1, 0.15) is 30.4 Å². The topological polar surface area (TPSA) is 23.5 Å². The van der Waals surface area contributed by atoms with Crippen molar-refractivity contribution in [3.05, 3.63) is 71.8 Å². The van der Waals surface area contributed by atoms with Crippen molar-refractivity contribution in [2.45, 2.75) is 24.8 Å². The van der Waals surface area contributed by atoms with Crippen LogP contribution in [0.2, 0.25) is 0 Å². The molecule has 1 aliphatic heterocycles. The van der Waals surface area contributed by atoms with Gasteiger partial charge in [0, 0.05) is 6.54 Å². The van der Waals surface area contributed by atoms with Gasteiger partial charge in [-0.3, -0.25) is 0 Å². The van der Waals surface area contributed by atoms with Gasteiger partial charge in [-0.2, -0.15) is 5.06 Å². The van der Waals surface area contributed by atoms with Gasteiger partial charge in [0.15, 0.2) is 0 Å². The number of hydrogen-bond donors (Lipinski definition) is 1. The summed E-state index contributed by atoms with van der Waals surface area (Å²) in [5.41, 5.74) is 1.95. The molecule has 2 aromatic rings. The summed E-state index contributed by atoms with van der Waals surface area (Å²) in [5.74, 6) is 0. The molecular weight excluding hydrogens is 234 g/mol. The molecule has 19 heavy (non-hydrogen) atoms. The second kappa shape index (κ2) is 5.16. The third kappa shape index (κ3) is 2.07. The van der Waals surface area contributed by atoms with Crippen LogP contribution < -0.4 is 0 Å². The van der Waals surface area contributed by atoms with E-state index in [2.05, 4.69) is 24.3 Å². The summed E-state index contributed by atoms with van der Waals surface area (Å²) in [6, 6.07) is 20.7. The summed E-state index contributed by atoms with van der Waals surface area (Å²) >= 11 is 0. The molecule has 2 aromatic carbocycles. The highest BCUT2D eigenvalue weighted by Crippen LogP contribution is 2.42. The second-order valence-corrected chi connectivity index (χ2v) is 5.17. The van der Waals surface area contributed by atoms with Gasteiger partial charge < -0.3 is 5.21 Å². The van der Waals surface area contributed by atoms with Crippen molar-refractivity contribution in [2.75, 3.05) is 6.54 Å².